The summed E-state index contributed by atoms with van der Waals surface area (Å²) in [6.45, 7) is 0.0346. The quantitative estimate of drug-likeness (QED) is 0.378. The number of rotatable bonds is 4. The fourth-order valence-corrected chi connectivity index (χ4v) is 3.96. The van der Waals surface area contributed by atoms with Crippen LogP contribution < -0.4 is 5.56 Å². The van der Waals surface area contributed by atoms with Gasteiger partial charge in [0, 0.05) is 15.4 Å². The number of hydrogen-bond donors (Lipinski definition) is 0. The molecule has 0 aliphatic rings. The lowest BCUT2D eigenvalue weighted by molar-refractivity contribution is 0.0588. The Hall–Kier alpha value is -3.25. The number of halogens is 2. The lowest BCUT2D eigenvalue weighted by Crippen LogP contribution is -2.28. The number of pyridine rings is 1. The molecule has 0 fully saturated rings. The van der Waals surface area contributed by atoms with Crippen LogP contribution in [-0.2, 0) is 11.3 Å². The van der Waals surface area contributed by atoms with Gasteiger partial charge in [-0.3, -0.25) is 9.36 Å². The Bertz CT molecular complexity index is 1320. The molecule has 0 aliphatic carbocycles. The van der Waals surface area contributed by atoms with Crippen LogP contribution in [0.3, 0.4) is 0 Å². The highest BCUT2D eigenvalue weighted by atomic mass is 79.9. The molecule has 0 atom stereocenters. The van der Waals surface area contributed by atoms with Gasteiger partial charge in [-0.25, -0.2) is 9.18 Å². The third-order valence-corrected chi connectivity index (χ3v) is 5.40. The molecule has 4 aromatic rings. The summed E-state index contributed by atoms with van der Waals surface area (Å²) < 4.78 is 20.9. The van der Waals surface area contributed by atoms with E-state index in [2.05, 4.69) is 15.9 Å². The van der Waals surface area contributed by atoms with Crippen LogP contribution in [0.4, 0.5) is 4.39 Å². The third kappa shape index (κ3) is 3.66. The van der Waals surface area contributed by atoms with Crippen LogP contribution >= 0.6 is 15.9 Å². The molecular formula is C24H17BrFNO3. The van der Waals surface area contributed by atoms with Gasteiger partial charge in [0.05, 0.1) is 13.7 Å². The van der Waals surface area contributed by atoms with Gasteiger partial charge in [0.15, 0.2) is 0 Å². The van der Waals surface area contributed by atoms with Crippen molar-refractivity contribution in [3.63, 3.8) is 0 Å². The second kappa shape index (κ2) is 8.24. The molecule has 0 unspecified atom stereocenters. The number of carbonyl (C=O) groups is 1. The van der Waals surface area contributed by atoms with E-state index in [0.29, 0.717) is 21.9 Å². The van der Waals surface area contributed by atoms with Crippen molar-refractivity contribution in [3.05, 3.63) is 105 Å². The first-order valence-electron chi connectivity index (χ1n) is 9.24. The highest BCUT2D eigenvalue weighted by molar-refractivity contribution is 9.10. The number of aromatic nitrogens is 1. The van der Waals surface area contributed by atoms with Gasteiger partial charge in [-0.05, 0) is 46.8 Å². The molecule has 6 heteroatoms. The fourth-order valence-electron chi connectivity index (χ4n) is 3.59. The maximum absolute atomic E-state index is 13.8. The topological polar surface area (TPSA) is 48.3 Å². The summed E-state index contributed by atoms with van der Waals surface area (Å²) in [6.07, 6.45) is 0. The number of carbonyl (C=O) groups excluding carboxylic acids is 1. The van der Waals surface area contributed by atoms with E-state index in [9.17, 15) is 14.0 Å². The van der Waals surface area contributed by atoms with E-state index in [1.165, 1.54) is 23.8 Å². The first kappa shape index (κ1) is 20.0. The predicted molar refractivity (Wildman–Crippen MR) is 118 cm³/mol. The van der Waals surface area contributed by atoms with Crippen molar-refractivity contribution in [3.8, 4) is 11.1 Å². The van der Waals surface area contributed by atoms with Crippen molar-refractivity contribution in [1.29, 1.82) is 0 Å². The van der Waals surface area contributed by atoms with Crippen LogP contribution in [0.25, 0.3) is 21.9 Å². The zero-order valence-corrected chi connectivity index (χ0v) is 17.6. The summed E-state index contributed by atoms with van der Waals surface area (Å²) in [5.74, 6) is -1.04. The van der Waals surface area contributed by atoms with Crippen molar-refractivity contribution < 1.29 is 13.9 Å². The van der Waals surface area contributed by atoms with E-state index in [1.807, 2.05) is 36.4 Å². The van der Waals surface area contributed by atoms with Crippen molar-refractivity contribution in [2.45, 2.75) is 6.54 Å². The molecule has 0 aliphatic heterocycles. The minimum atomic E-state index is -0.635. The Morgan fingerprint density at radius 3 is 2.47 bits per heavy atom. The molecule has 0 radical (unpaired) electrons. The molecule has 30 heavy (non-hydrogen) atoms. The number of ether oxygens (including phenoxy) is 1. The maximum Gasteiger partial charge on any atom is 0.355 e. The largest absolute Gasteiger partial charge is 0.464 e. The fraction of sp³-hybridized carbons (Fsp3) is 0.0833. The first-order chi connectivity index (χ1) is 14.5. The summed E-state index contributed by atoms with van der Waals surface area (Å²) in [5.41, 5.74) is 1.71. The minimum Gasteiger partial charge on any atom is -0.464 e. The second-order valence-corrected chi connectivity index (χ2v) is 7.71. The molecule has 150 valence electrons. The monoisotopic (exact) mass is 465 g/mol. The molecule has 0 N–H and O–H groups in total. The maximum atomic E-state index is 13.8. The number of methoxy groups -OCH3 is 1. The molecule has 0 bridgehead atoms. The highest BCUT2D eigenvalue weighted by Gasteiger charge is 2.24. The van der Waals surface area contributed by atoms with Crippen molar-refractivity contribution in [1.82, 2.24) is 4.57 Å². The summed E-state index contributed by atoms with van der Waals surface area (Å²) in [6, 6.07) is 20.6. The van der Waals surface area contributed by atoms with Gasteiger partial charge in [0.2, 0.25) is 0 Å². The van der Waals surface area contributed by atoms with Gasteiger partial charge < -0.3 is 4.74 Å². The number of nitrogens with zero attached hydrogens (tertiary/aromatic N) is 1. The molecule has 0 spiro atoms. The van der Waals surface area contributed by atoms with E-state index < -0.39 is 11.8 Å². The van der Waals surface area contributed by atoms with Crippen LogP contribution in [0, 0.1) is 5.82 Å². The van der Waals surface area contributed by atoms with Crippen LogP contribution in [0.1, 0.15) is 16.1 Å². The number of fused-ring (bicyclic) bond motifs is 1. The summed E-state index contributed by atoms with van der Waals surface area (Å²) in [7, 11) is 1.28. The van der Waals surface area contributed by atoms with E-state index in [1.54, 1.807) is 24.3 Å². The zero-order valence-electron chi connectivity index (χ0n) is 16.1. The molecule has 1 aromatic heterocycles. The van der Waals surface area contributed by atoms with Crippen LogP contribution in [0.15, 0.2) is 82.1 Å². The van der Waals surface area contributed by atoms with Crippen LogP contribution in [0.2, 0.25) is 0 Å². The Balaban J connectivity index is 2.13. The van der Waals surface area contributed by atoms with E-state index in [-0.39, 0.29) is 17.8 Å². The summed E-state index contributed by atoms with van der Waals surface area (Å²) in [4.78, 5) is 26.3. The average Bonchev–Trinajstić information content (AvgIpc) is 2.75. The first-order valence-corrected chi connectivity index (χ1v) is 10.0. The lowest BCUT2D eigenvalue weighted by atomic mass is 9.96. The molecule has 4 nitrogen and oxygen atoms in total. The molecule has 0 saturated heterocycles. The molecule has 3 aromatic carbocycles. The predicted octanol–water partition coefficient (Wildman–Crippen LogP) is 5.41. The molecule has 0 amide bonds. The Morgan fingerprint density at radius 2 is 1.77 bits per heavy atom. The van der Waals surface area contributed by atoms with Crippen molar-refractivity contribution in [2.75, 3.05) is 7.11 Å². The van der Waals surface area contributed by atoms with Gasteiger partial charge in [-0.15, -0.1) is 0 Å². The SMILES string of the molecule is COC(=O)c1c(-c2ccccc2)c2cc(Br)ccc2c(=O)n1Cc1cccc(F)c1. The second-order valence-electron chi connectivity index (χ2n) is 6.79. The molecule has 1 heterocycles. The van der Waals surface area contributed by atoms with E-state index in [4.69, 9.17) is 4.74 Å². The average molecular weight is 466 g/mol. The zero-order chi connectivity index (χ0) is 21.3. The van der Waals surface area contributed by atoms with E-state index in [0.717, 1.165) is 10.0 Å². The van der Waals surface area contributed by atoms with Gasteiger partial charge in [-0.1, -0.05) is 58.4 Å². The number of hydrogen-bond acceptors (Lipinski definition) is 3. The van der Waals surface area contributed by atoms with Gasteiger partial charge in [-0.2, -0.15) is 0 Å². The van der Waals surface area contributed by atoms with Crippen LogP contribution in [0.5, 0.6) is 0 Å². The molecule has 0 saturated carbocycles. The number of benzene rings is 3. The normalized spacial score (nSPS) is 10.9. The van der Waals surface area contributed by atoms with Crippen molar-refractivity contribution >= 4 is 32.7 Å². The van der Waals surface area contributed by atoms with Gasteiger partial charge >= 0.3 is 5.97 Å². The van der Waals surface area contributed by atoms with Gasteiger partial charge in [0.25, 0.3) is 5.56 Å². The summed E-state index contributed by atoms with van der Waals surface area (Å²) >= 11 is 3.46. The highest BCUT2D eigenvalue weighted by Crippen LogP contribution is 2.33. The lowest BCUT2D eigenvalue weighted by Gasteiger charge is -2.19. The third-order valence-electron chi connectivity index (χ3n) is 4.90. The van der Waals surface area contributed by atoms with Crippen molar-refractivity contribution in [2.24, 2.45) is 0 Å². The standard InChI is InChI=1S/C24H17BrFNO3/c1-30-24(29)22-21(16-7-3-2-4-8-16)20-13-17(25)10-11-19(20)23(28)27(22)14-15-6-5-9-18(26)12-15/h2-13H,14H2,1H3. The number of esters is 1. The Morgan fingerprint density at radius 1 is 1.00 bits per heavy atom. The Labute approximate surface area is 180 Å². The van der Waals surface area contributed by atoms with Crippen LogP contribution in [-0.4, -0.2) is 17.6 Å². The van der Waals surface area contributed by atoms with E-state index >= 15 is 0 Å². The molecular weight excluding hydrogens is 449 g/mol. The van der Waals surface area contributed by atoms with Gasteiger partial charge in [0.1, 0.15) is 11.5 Å². The summed E-state index contributed by atoms with van der Waals surface area (Å²) in [5, 5.41) is 1.09. The Kier molecular flexibility index (Phi) is 5.50. The molecule has 4 rings (SSSR count). The smallest absolute Gasteiger partial charge is 0.355 e. The minimum absolute atomic E-state index is 0.0346.